The summed E-state index contributed by atoms with van der Waals surface area (Å²) in [5, 5.41) is 0. The summed E-state index contributed by atoms with van der Waals surface area (Å²) in [6.07, 6.45) is 2.00. The number of carbonyl (C=O) groups is 2. The smallest absolute Gasteiger partial charge is 0.253 e. The molecule has 2 aromatic rings. The van der Waals surface area contributed by atoms with E-state index in [1.165, 1.54) is 5.56 Å². The van der Waals surface area contributed by atoms with Crippen molar-refractivity contribution in [2.45, 2.75) is 18.9 Å². The molecule has 0 saturated carbocycles. The number of primary amides is 1. The molecule has 5 nitrogen and oxygen atoms in total. The molecule has 2 aliphatic heterocycles. The van der Waals surface area contributed by atoms with Crippen molar-refractivity contribution in [3.05, 3.63) is 71.8 Å². The zero-order valence-electron chi connectivity index (χ0n) is 16.0. The standard InChI is InChI=1S/C23H27N3O2/c24-22(27)21-20-16-26(23(28)18-11-5-2-6-12-18)15-19(20)14-25(21)13-7-10-17-8-3-1-4-9-17/h1-6,8-9,11-12,19-21H,7,10,13-16H2,(H2,24,27)/t19?,20-,21?/m1/s1. The molecule has 0 radical (unpaired) electrons. The van der Waals surface area contributed by atoms with Crippen LogP contribution in [0, 0.1) is 11.8 Å². The first-order chi connectivity index (χ1) is 13.6. The van der Waals surface area contributed by atoms with E-state index in [4.69, 9.17) is 5.73 Å². The maximum atomic E-state index is 12.8. The lowest BCUT2D eigenvalue weighted by atomic mass is 9.94. The molecule has 2 aliphatic rings. The minimum atomic E-state index is -0.269. The molecule has 2 amide bonds. The minimum Gasteiger partial charge on any atom is -0.368 e. The number of amides is 2. The van der Waals surface area contributed by atoms with Gasteiger partial charge in [-0.1, -0.05) is 48.5 Å². The van der Waals surface area contributed by atoms with Crippen molar-refractivity contribution in [3.8, 4) is 0 Å². The first-order valence-corrected chi connectivity index (χ1v) is 10.0. The van der Waals surface area contributed by atoms with Gasteiger partial charge >= 0.3 is 0 Å². The Kier molecular flexibility index (Phi) is 5.44. The highest BCUT2D eigenvalue weighted by Gasteiger charge is 2.50. The third-order valence-electron chi connectivity index (χ3n) is 6.11. The summed E-state index contributed by atoms with van der Waals surface area (Å²) in [4.78, 5) is 29.1. The van der Waals surface area contributed by atoms with E-state index < -0.39 is 0 Å². The molecule has 0 bridgehead atoms. The zero-order chi connectivity index (χ0) is 19.5. The summed E-state index contributed by atoms with van der Waals surface area (Å²) < 4.78 is 0. The van der Waals surface area contributed by atoms with Crippen LogP contribution in [0.25, 0.3) is 0 Å². The highest BCUT2D eigenvalue weighted by atomic mass is 16.2. The van der Waals surface area contributed by atoms with Crippen molar-refractivity contribution in [1.29, 1.82) is 0 Å². The fourth-order valence-corrected chi connectivity index (χ4v) is 4.81. The first-order valence-electron chi connectivity index (χ1n) is 10.0. The van der Waals surface area contributed by atoms with E-state index >= 15 is 0 Å². The van der Waals surface area contributed by atoms with E-state index in [0.29, 0.717) is 24.6 Å². The number of rotatable bonds is 6. The van der Waals surface area contributed by atoms with Crippen LogP contribution >= 0.6 is 0 Å². The second-order valence-corrected chi connectivity index (χ2v) is 7.93. The zero-order valence-corrected chi connectivity index (χ0v) is 16.0. The third kappa shape index (κ3) is 3.80. The van der Waals surface area contributed by atoms with Crippen LogP contribution in [-0.2, 0) is 11.2 Å². The van der Waals surface area contributed by atoms with Crippen LogP contribution in [0.4, 0.5) is 0 Å². The van der Waals surface area contributed by atoms with Crippen LogP contribution < -0.4 is 5.73 Å². The summed E-state index contributed by atoms with van der Waals surface area (Å²) >= 11 is 0. The van der Waals surface area contributed by atoms with Gasteiger partial charge in [0.15, 0.2) is 0 Å². The van der Waals surface area contributed by atoms with Gasteiger partial charge in [0.05, 0.1) is 6.04 Å². The number of likely N-dealkylation sites (tertiary alicyclic amines) is 2. The number of carbonyl (C=O) groups excluding carboxylic acids is 2. The Morgan fingerprint density at radius 1 is 0.929 bits per heavy atom. The molecule has 2 fully saturated rings. The maximum Gasteiger partial charge on any atom is 0.253 e. The topological polar surface area (TPSA) is 66.6 Å². The van der Waals surface area contributed by atoms with Gasteiger partial charge in [-0.25, -0.2) is 0 Å². The van der Waals surface area contributed by atoms with E-state index in [9.17, 15) is 9.59 Å². The van der Waals surface area contributed by atoms with Crippen molar-refractivity contribution in [3.63, 3.8) is 0 Å². The predicted molar refractivity (Wildman–Crippen MR) is 109 cm³/mol. The fraction of sp³-hybridized carbons (Fsp3) is 0.391. The molecule has 2 heterocycles. The number of hydrogen-bond donors (Lipinski definition) is 1. The quantitative estimate of drug-likeness (QED) is 0.839. The van der Waals surface area contributed by atoms with Crippen LogP contribution in [0.2, 0.25) is 0 Å². The lowest BCUT2D eigenvalue weighted by Crippen LogP contribution is -2.46. The Hall–Kier alpha value is -2.66. The lowest BCUT2D eigenvalue weighted by Gasteiger charge is -2.27. The van der Waals surface area contributed by atoms with Crippen LogP contribution in [0.1, 0.15) is 22.3 Å². The third-order valence-corrected chi connectivity index (χ3v) is 6.11. The molecule has 2 N–H and O–H groups in total. The van der Waals surface area contributed by atoms with Crippen molar-refractivity contribution < 1.29 is 9.59 Å². The largest absolute Gasteiger partial charge is 0.368 e. The fourth-order valence-electron chi connectivity index (χ4n) is 4.81. The second kappa shape index (κ2) is 8.15. The Balaban J connectivity index is 1.37. The van der Waals surface area contributed by atoms with Gasteiger partial charge < -0.3 is 10.6 Å². The van der Waals surface area contributed by atoms with Crippen LogP contribution in [0.3, 0.4) is 0 Å². The van der Waals surface area contributed by atoms with E-state index in [1.807, 2.05) is 41.3 Å². The average Bonchev–Trinajstić information content (AvgIpc) is 3.26. The molecular formula is C23H27N3O2. The SMILES string of the molecule is NC(=O)C1[C@@H]2CN(C(=O)c3ccccc3)CC2CN1CCCc1ccccc1. The monoisotopic (exact) mass is 377 g/mol. The molecule has 2 unspecified atom stereocenters. The number of benzene rings is 2. The summed E-state index contributed by atoms with van der Waals surface area (Å²) in [6.45, 7) is 3.02. The molecule has 5 heteroatoms. The van der Waals surface area contributed by atoms with Crippen LogP contribution in [-0.4, -0.2) is 53.8 Å². The van der Waals surface area contributed by atoms with Gasteiger partial charge in [-0.05, 0) is 43.0 Å². The Morgan fingerprint density at radius 3 is 2.29 bits per heavy atom. The Bertz CT molecular complexity index is 824. The van der Waals surface area contributed by atoms with E-state index in [1.54, 1.807) is 0 Å². The average molecular weight is 377 g/mol. The molecular weight excluding hydrogens is 350 g/mol. The van der Waals surface area contributed by atoms with Crippen molar-refractivity contribution >= 4 is 11.8 Å². The van der Waals surface area contributed by atoms with Gasteiger partial charge in [-0.2, -0.15) is 0 Å². The number of hydrogen-bond acceptors (Lipinski definition) is 3. The normalized spacial score (nSPS) is 24.3. The van der Waals surface area contributed by atoms with Crippen molar-refractivity contribution in [1.82, 2.24) is 9.80 Å². The van der Waals surface area contributed by atoms with Gasteiger partial charge in [0.2, 0.25) is 5.91 Å². The number of fused-ring (bicyclic) bond motifs is 1. The summed E-state index contributed by atoms with van der Waals surface area (Å²) in [5.74, 6) is 0.249. The van der Waals surface area contributed by atoms with E-state index in [-0.39, 0.29) is 23.8 Å². The minimum absolute atomic E-state index is 0.0499. The Morgan fingerprint density at radius 2 is 1.61 bits per heavy atom. The maximum absolute atomic E-state index is 12.8. The van der Waals surface area contributed by atoms with Gasteiger partial charge in [0.25, 0.3) is 5.91 Å². The number of nitrogens with two attached hydrogens (primary N) is 1. The van der Waals surface area contributed by atoms with Gasteiger partial charge in [0, 0.05) is 31.1 Å². The molecule has 146 valence electrons. The number of nitrogens with zero attached hydrogens (tertiary/aromatic N) is 2. The van der Waals surface area contributed by atoms with Gasteiger partial charge in [0.1, 0.15) is 0 Å². The highest BCUT2D eigenvalue weighted by molar-refractivity contribution is 5.94. The molecule has 0 aromatic heterocycles. The summed E-state index contributed by atoms with van der Waals surface area (Å²) in [7, 11) is 0. The lowest BCUT2D eigenvalue weighted by molar-refractivity contribution is -0.123. The first kappa shape index (κ1) is 18.7. The van der Waals surface area contributed by atoms with Gasteiger partial charge in [-0.3, -0.25) is 14.5 Å². The second-order valence-electron chi connectivity index (χ2n) is 7.93. The van der Waals surface area contributed by atoms with Gasteiger partial charge in [-0.15, -0.1) is 0 Å². The molecule has 0 aliphatic carbocycles. The molecule has 2 aromatic carbocycles. The highest BCUT2D eigenvalue weighted by Crippen LogP contribution is 2.36. The van der Waals surface area contributed by atoms with E-state index in [2.05, 4.69) is 29.2 Å². The van der Waals surface area contributed by atoms with Crippen molar-refractivity contribution in [2.24, 2.45) is 17.6 Å². The van der Waals surface area contributed by atoms with Crippen LogP contribution in [0.15, 0.2) is 60.7 Å². The summed E-state index contributed by atoms with van der Waals surface area (Å²) in [5.41, 5.74) is 7.80. The summed E-state index contributed by atoms with van der Waals surface area (Å²) in [6, 6.07) is 19.5. The molecule has 2 saturated heterocycles. The molecule has 4 rings (SSSR count). The predicted octanol–water partition coefficient (Wildman–Crippen LogP) is 2.18. The molecule has 3 atom stereocenters. The van der Waals surface area contributed by atoms with E-state index in [0.717, 1.165) is 25.9 Å². The van der Waals surface area contributed by atoms with Crippen LogP contribution in [0.5, 0.6) is 0 Å². The molecule has 28 heavy (non-hydrogen) atoms. The molecule has 0 spiro atoms. The van der Waals surface area contributed by atoms with Crippen molar-refractivity contribution in [2.75, 3.05) is 26.2 Å². The number of aryl methyl sites for hydroxylation is 1. The Labute approximate surface area is 166 Å².